The number of likely N-dealkylation sites (N-methyl/N-ethyl adjacent to an activating group) is 1. The highest BCUT2D eigenvalue weighted by atomic mass is 19.1. The summed E-state index contributed by atoms with van der Waals surface area (Å²) in [7, 11) is 1.92. The predicted octanol–water partition coefficient (Wildman–Crippen LogP) is 4.41. The Bertz CT molecular complexity index is 1140. The molecule has 2 aliphatic heterocycles. The van der Waals surface area contributed by atoms with Gasteiger partial charge in [-0.05, 0) is 37.1 Å². The number of amides is 1. The lowest BCUT2D eigenvalue weighted by molar-refractivity contribution is -0.141. The second-order valence-corrected chi connectivity index (χ2v) is 8.97. The summed E-state index contributed by atoms with van der Waals surface area (Å²) in [6.07, 6.45) is 4.51. The summed E-state index contributed by atoms with van der Waals surface area (Å²) in [6, 6.07) is 10.2. The number of likely N-dealkylation sites (tertiary alicyclic amines) is 1. The number of aliphatic hydroxyl groups excluding tert-OH is 1. The zero-order valence-electron chi connectivity index (χ0n) is 18.6. The van der Waals surface area contributed by atoms with Gasteiger partial charge in [-0.25, -0.2) is 4.39 Å². The van der Waals surface area contributed by atoms with Crippen LogP contribution in [0.1, 0.15) is 49.3 Å². The van der Waals surface area contributed by atoms with Crippen LogP contribution in [-0.4, -0.2) is 47.9 Å². The van der Waals surface area contributed by atoms with Gasteiger partial charge in [-0.1, -0.05) is 37.5 Å². The molecule has 2 fully saturated rings. The van der Waals surface area contributed by atoms with Gasteiger partial charge >= 0.3 is 0 Å². The highest BCUT2D eigenvalue weighted by molar-refractivity contribution is 6.46. The molecular formula is C26H27FN2O4. The third-order valence-corrected chi connectivity index (χ3v) is 6.98. The van der Waals surface area contributed by atoms with Crippen LogP contribution in [0.2, 0.25) is 0 Å². The number of anilines is 1. The molecule has 1 saturated carbocycles. The number of hydrogen-bond donors (Lipinski definition) is 1. The number of carbonyl (C=O) groups is 2. The van der Waals surface area contributed by atoms with E-state index in [-0.39, 0.29) is 22.9 Å². The van der Waals surface area contributed by atoms with Crippen LogP contribution >= 0.6 is 0 Å². The standard InChI is InChI=1S/C26H27FN2O4/c1-28-13-14-33-21-12-11-16(15-20(21)28)24(30)22-23(18-9-5-6-10-19(18)27)29(26(32)25(22)31)17-7-3-2-4-8-17/h5-6,9-12,15,17,23,30H,2-4,7-8,13-14H2,1H3/b24-22+. The van der Waals surface area contributed by atoms with E-state index in [1.165, 1.54) is 11.0 Å². The van der Waals surface area contributed by atoms with Gasteiger partial charge in [0.15, 0.2) is 0 Å². The zero-order chi connectivity index (χ0) is 23.1. The molecule has 1 N–H and O–H groups in total. The number of benzene rings is 2. The first kappa shape index (κ1) is 21.5. The lowest BCUT2D eigenvalue weighted by Gasteiger charge is -2.35. The van der Waals surface area contributed by atoms with Crippen molar-refractivity contribution in [2.45, 2.75) is 44.2 Å². The van der Waals surface area contributed by atoms with Gasteiger partial charge in [-0.15, -0.1) is 0 Å². The summed E-state index contributed by atoms with van der Waals surface area (Å²) in [4.78, 5) is 30.0. The van der Waals surface area contributed by atoms with Crippen molar-refractivity contribution in [3.63, 3.8) is 0 Å². The van der Waals surface area contributed by atoms with E-state index in [9.17, 15) is 19.1 Å². The third kappa shape index (κ3) is 3.65. The maximum atomic E-state index is 15.0. The number of ether oxygens (including phenoxy) is 1. The smallest absolute Gasteiger partial charge is 0.295 e. The lowest BCUT2D eigenvalue weighted by Crippen LogP contribution is -2.40. The molecule has 5 rings (SSSR count). The van der Waals surface area contributed by atoms with Crippen LogP contribution in [0.25, 0.3) is 5.76 Å². The number of nitrogens with zero attached hydrogens (tertiary/aromatic N) is 2. The molecule has 1 amide bonds. The van der Waals surface area contributed by atoms with Crippen LogP contribution in [0, 0.1) is 5.82 Å². The predicted molar refractivity (Wildman–Crippen MR) is 123 cm³/mol. The van der Waals surface area contributed by atoms with E-state index in [2.05, 4.69) is 0 Å². The fraction of sp³-hybridized carbons (Fsp3) is 0.385. The monoisotopic (exact) mass is 450 g/mol. The number of fused-ring (bicyclic) bond motifs is 1. The molecule has 2 heterocycles. The van der Waals surface area contributed by atoms with Crippen molar-refractivity contribution < 1.29 is 23.8 Å². The molecular weight excluding hydrogens is 423 g/mol. The van der Waals surface area contributed by atoms with E-state index in [4.69, 9.17) is 4.74 Å². The van der Waals surface area contributed by atoms with Crippen LogP contribution < -0.4 is 9.64 Å². The molecule has 2 aromatic carbocycles. The summed E-state index contributed by atoms with van der Waals surface area (Å²) < 4.78 is 20.7. The summed E-state index contributed by atoms with van der Waals surface area (Å²) in [5.41, 5.74) is 1.35. The maximum absolute atomic E-state index is 15.0. The third-order valence-electron chi connectivity index (χ3n) is 6.98. The highest BCUT2D eigenvalue weighted by Gasteiger charge is 2.49. The van der Waals surface area contributed by atoms with Crippen molar-refractivity contribution in [1.82, 2.24) is 4.90 Å². The van der Waals surface area contributed by atoms with Crippen LogP contribution in [-0.2, 0) is 9.59 Å². The summed E-state index contributed by atoms with van der Waals surface area (Å²) >= 11 is 0. The first-order valence-corrected chi connectivity index (χ1v) is 11.5. The Morgan fingerprint density at radius 2 is 1.85 bits per heavy atom. The average Bonchev–Trinajstić information content (AvgIpc) is 3.10. The largest absolute Gasteiger partial charge is 0.507 e. The van der Waals surface area contributed by atoms with Gasteiger partial charge < -0.3 is 19.6 Å². The molecule has 1 aliphatic carbocycles. The fourth-order valence-corrected chi connectivity index (χ4v) is 5.24. The molecule has 0 bridgehead atoms. The zero-order valence-corrected chi connectivity index (χ0v) is 18.6. The van der Waals surface area contributed by atoms with Crippen LogP contribution in [0.15, 0.2) is 48.0 Å². The van der Waals surface area contributed by atoms with E-state index in [0.717, 1.165) is 37.8 Å². The molecule has 3 aliphatic rings. The molecule has 6 nitrogen and oxygen atoms in total. The minimum atomic E-state index is -0.959. The van der Waals surface area contributed by atoms with Crippen molar-refractivity contribution >= 4 is 23.1 Å². The van der Waals surface area contributed by atoms with Gasteiger partial charge in [-0.2, -0.15) is 0 Å². The Morgan fingerprint density at radius 1 is 1.09 bits per heavy atom. The van der Waals surface area contributed by atoms with Gasteiger partial charge in [0.1, 0.15) is 23.9 Å². The van der Waals surface area contributed by atoms with Crippen molar-refractivity contribution in [1.29, 1.82) is 0 Å². The van der Waals surface area contributed by atoms with Crippen molar-refractivity contribution in [2.24, 2.45) is 0 Å². The Labute approximate surface area is 192 Å². The van der Waals surface area contributed by atoms with E-state index < -0.39 is 23.5 Å². The molecule has 1 atom stereocenters. The quantitative estimate of drug-likeness (QED) is 0.426. The maximum Gasteiger partial charge on any atom is 0.295 e. The minimum absolute atomic E-state index is 0.0602. The Hall–Kier alpha value is -3.35. The molecule has 2 aromatic rings. The van der Waals surface area contributed by atoms with Crippen molar-refractivity contribution in [2.75, 3.05) is 25.1 Å². The Balaban J connectivity index is 1.66. The van der Waals surface area contributed by atoms with Gasteiger partial charge in [0.05, 0.1) is 23.8 Å². The first-order chi connectivity index (χ1) is 16.0. The summed E-state index contributed by atoms with van der Waals surface area (Å²) in [5, 5.41) is 11.3. The molecule has 7 heteroatoms. The van der Waals surface area contributed by atoms with E-state index in [1.807, 2.05) is 11.9 Å². The van der Waals surface area contributed by atoms with E-state index >= 15 is 0 Å². The van der Waals surface area contributed by atoms with Gasteiger partial charge in [0.25, 0.3) is 11.7 Å². The average molecular weight is 451 g/mol. The molecule has 0 radical (unpaired) electrons. The lowest BCUT2D eigenvalue weighted by atomic mass is 9.90. The number of rotatable bonds is 3. The number of ketones is 1. The second-order valence-electron chi connectivity index (χ2n) is 8.97. The Morgan fingerprint density at radius 3 is 2.61 bits per heavy atom. The summed E-state index contributed by atoms with van der Waals surface area (Å²) in [5.74, 6) is -1.55. The molecule has 1 saturated heterocycles. The minimum Gasteiger partial charge on any atom is -0.507 e. The number of carbonyl (C=O) groups excluding carboxylic acids is 2. The molecule has 172 valence electrons. The van der Waals surface area contributed by atoms with E-state index in [1.54, 1.807) is 36.4 Å². The van der Waals surface area contributed by atoms with Crippen LogP contribution in [0.5, 0.6) is 5.75 Å². The molecule has 0 aromatic heterocycles. The van der Waals surface area contributed by atoms with E-state index in [0.29, 0.717) is 24.5 Å². The second kappa shape index (κ2) is 8.54. The molecule has 33 heavy (non-hydrogen) atoms. The first-order valence-electron chi connectivity index (χ1n) is 11.5. The van der Waals surface area contributed by atoms with Gasteiger partial charge in [0, 0.05) is 24.2 Å². The van der Waals surface area contributed by atoms with Crippen molar-refractivity contribution in [3.8, 4) is 5.75 Å². The fourth-order valence-electron chi connectivity index (χ4n) is 5.24. The van der Waals surface area contributed by atoms with Crippen LogP contribution in [0.3, 0.4) is 0 Å². The Kier molecular flexibility index (Phi) is 5.56. The number of aliphatic hydroxyl groups is 1. The van der Waals surface area contributed by atoms with Crippen LogP contribution in [0.4, 0.5) is 10.1 Å². The number of Topliss-reactive ketones (excluding diaryl/α,β-unsaturated/α-hetero) is 1. The topological polar surface area (TPSA) is 70.1 Å². The normalized spacial score (nSPS) is 22.9. The highest BCUT2D eigenvalue weighted by Crippen LogP contribution is 2.44. The summed E-state index contributed by atoms with van der Waals surface area (Å²) in [6.45, 7) is 1.26. The van der Waals surface area contributed by atoms with Crippen molar-refractivity contribution in [3.05, 3.63) is 65.0 Å². The number of halogens is 1. The molecule has 1 unspecified atom stereocenters. The van der Waals surface area contributed by atoms with Gasteiger partial charge in [-0.3, -0.25) is 9.59 Å². The number of hydrogen-bond acceptors (Lipinski definition) is 5. The SMILES string of the molecule is CN1CCOc2ccc(/C(O)=C3\C(=O)C(=O)N(C4CCCCC4)C3c3ccccc3F)cc21. The van der Waals surface area contributed by atoms with Gasteiger partial charge in [0.2, 0.25) is 0 Å². The molecule has 0 spiro atoms.